The van der Waals surface area contributed by atoms with Gasteiger partial charge in [-0.2, -0.15) is 0 Å². The number of benzene rings is 1. The van der Waals surface area contributed by atoms with Gasteiger partial charge in [0.2, 0.25) is 5.91 Å². The molecule has 2 fully saturated rings. The molecule has 0 bridgehead atoms. The molecule has 0 aromatic heterocycles. The van der Waals surface area contributed by atoms with E-state index in [-0.39, 0.29) is 11.9 Å². The monoisotopic (exact) mass is 329 g/mol. The highest BCUT2D eigenvalue weighted by Gasteiger charge is 2.35. The van der Waals surface area contributed by atoms with Crippen LogP contribution in [0.4, 0.5) is 4.79 Å². The second-order valence-electron chi connectivity index (χ2n) is 6.65. The molecular weight excluding hydrogens is 302 g/mol. The largest absolute Gasteiger partial charge is 0.343 e. The van der Waals surface area contributed by atoms with Crippen LogP contribution in [-0.4, -0.2) is 65.4 Å². The Hall–Kier alpha value is -2.04. The molecule has 1 aromatic carbocycles. The summed E-state index contributed by atoms with van der Waals surface area (Å²) in [6, 6.07) is 10.6. The summed E-state index contributed by atoms with van der Waals surface area (Å²) < 4.78 is 0. The minimum Gasteiger partial charge on any atom is -0.343 e. The lowest BCUT2D eigenvalue weighted by molar-refractivity contribution is -0.132. The van der Waals surface area contributed by atoms with E-state index in [1.165, 1.54) is 5.56 Å². The fraction of sp³-hybridized carbons (Fsp3) is 0.579. The van der Waals surface area contributed by atoms with Gasteiger partial charge < -0.3 is 14.7 Å². The summed E-state index contributed by atoms with van der Waals surface area (Å²) in [5.41, 5.74) is 1.21. The summed E-state index contributed by atoms with van der Waals surface area (Å²) in [6.45, 7) is 6.02. The summed E-state index contributed by atoms with van der Waals surface area (Å²) in [6.07, 6.45) is 3.18. The fourth-order valence-corrected chi connectivity index (χ4v) is 3.71. The quantitative estimate of drug-likeness (QED) is 0.832. The Bertz CT molecular complexity index is 567. The number of aryl methyl sites for hydroxylation is 1. The van der Waals surface area contributed by atoms with Crippen molar-refractivity contribution in [1.29, 1.82) is 0 Å². The Balaban J connectivity index is 1.45. The highest BCUT2D eigenvalue weighted by atomic mass is 16.2. The summed E-state index contributed by atoms with van der Waals surface area (Å²) in [5.74, 6) is 0.236. The van der Waals surface area contributed by atoms with Crippen LogP contribution in [0.2, 0.25) is 0 Å². The predicted molar refractivity (Wildman–Crippen MR) is 93.7 cm³/mol. The third kappa shape index (κ3) is 3.71. The van der Waals surface area contributed by atoms with Crippen molar-refractivity contribution in [2.24, 2.45) is 0 Å². The zero-order valence-corrected chi connectivity index (χ0v) is 14.5. The van der Waals surface area contributed by atoms with Crippen molar-refractivity contribution >= 4 is 11.9 Å². The molecule has 0 aliphatic carbocycles. The molecule has 5 heteroatoms. The first-order valence-electron chi connectivity index (χ1n) is 9.06. The van der Waals surface area contributed by atoms with Gasteiger partial charge in [-0.05, 0) is 31.7 Å². The predicted octanol–water partition coefficient (Wildman–Crippen LogP) is 2.37. The minimum absolute atomic E-state index is 0.173. The minimum atomic E-state index is 0.173. The second kappa shape index (κ2) is 7.69. The number of nitrogens with zero attached hydrogens (tertiary/aromatic N) is 3. The Morgan fingerprint density at radius 1 is 1.08 bits per heavy atom. The standard InChI is InChI=1S/C19H27N3O2/c1-2-20-14-15-22(19(20)24)17-10-12-21(13-11-17)18(23)9-8-16-6-4-3-5-7-16/h3-7,17H,2,8-15H2,1H3. The highest BCUT2D eigenvalue weighted by molar-refractivity contribution is 5.77. The third-order valence-electron chi connectivity index (χ3n) is 5.24. The number of urea groups is 1. The van der Waals surface area contributed by atoms with Crippen LogP contribution in [0.1, 0.15) is 31.7 Å². The van der Waals surface area contributed by atoms with Crippen LogP contribution in [0.5, 0.6) is 0 Å². The van der Waals surface area contributed by atoms with Gasteiger partial charge in [-0.25, -0.2) is 4.79 Å². The number of hydrogen-bond acceptors (Lipinski definition) is 2. The molecule has 2 saturated heterocycles. The smallest absolute Gasteiger partial charge is 0.320 e. The SMILES string of the molecule is CCN1CCN(C2CCN(C(=O)CCc3ccccc3)CC2)C1=O. The number of likely N-dealkylation sites (tertiary alicyclic amines) is 1. The molecule has 1 aromatic rings. The van der Waals surface area contributed by atoms with E-state index in [2.05, 4.69) is 12.1 Å². The number of likely N-dealkylation sites (N-methyl/N-ethyl adjacent to an activating group) is 1. The molecule has 130 valence electrons. The topological polar surface area (TPSA) is 43.9 Å². The van der Waals surface area contributed by atoms with E-state index in [4.69, 9.17) is 0 Å². The molecule has 0 unspecified atom stereocenters. The van der Waals surface area contributed by atoms with Crippen molar-refractivity contribution in [2.45, 2.75) is 38.6 Å². The molecule has 0 N–H and O–H groups in total. The van der Waals surface area contributed by atoms with E-state index < -0.39 is 0 Å². The van der Waals surface area contributed by atoms with E-state index in [0.29, 0.717) is 12.5 Å². The van der Waals surface area contributed by atoms with E-state index >= 15 is 0 Å². The van der Waals surface area contributed by atoms with Gasteiger partial charge in [0.15, 0.2) is 0 Å². The summed E-state index contributed by atoms with van der Waals surface area (Å²) in [5, 5.41) is 0. The normalized spacial score (nSPS) is 19.2. The van der Waals surface area contributed by atoms with Crippen molar-refractivity contribution in [3.63, 3.8) is 0 Å². The number of carbonyl (C=O) groups is 2. The van der Waals surface area contributed by atoms with Crippen molar-refractivity contribution in [2.75, 3.05) is 32.7 Å². The van der Waals surface area contributed by atoms with Crippen LogP contribution in [0.25, 0.3) is 0 Å². The third-order valence-corrected chi connectivity index (χ3v) is 5.24. The zero-order chi connectivity index (χ0) is 16.9. The van der Waals surface area contributed by atoms with Gasteiger partial charge in [0.25, 0.3) is 0 Å². The van der Waals surface area contributed by atoms with E-state index in [1.807, 2.05) is 39.8 Å². The lowest BCUT2D eigenvalue weighted by Gasteiger charge is -2.36. The molecule has 2 aliphatic heterocycles. The number of hydrogen-bond donors (Lipinski definition) is 0. The van der Waals surface area contributed by atoms with Gasteiger partial charge in [-0.3, -0.25) is 4.79 Å². The molecule has 0 spiro atoms. The first kappa shape index (κ1) is 16.8. The van der Waals surface area contributed by atoms with Crippen molar-refractivity contribution in [3.05, 3.63) is 35.9 Å². The molecule has 2 aliphatic rings. The molecule has 0 atom stereocenters. The van der Waals surface area contributed by atoms with Crippen molar-refractivity contribution in [1.82, 2.24) is 14.7 Å². The maximum absolute atomic E-state index is 12.4. The van der Waals surface area contributed by atoms with Gasteiger partial charge in [0, 0.05) is 45.2 Å². The molecule has 5 nitrogen and oxygen atoms in total. The zero-order valence-electron chi connectivity index (χ0n) is 14.5. The van der Waals surface area contributed by atoms with Gasteiger partial charge in [-0.15, -0.1) is 0 Å². The average Bonchev–Trinajstić information content (AvgIpc) is 3.01. The molecule has 3 amide bonds. The van der Waals surface area contributed by atoms with Gasteiger partial charge in [0.1, 0.15) is 0 Å². The number of piperidine rings is 1. The van der Waals surface area contributed by atoms with Crippen LogP contribution in [0.15, 0.2) is 30.3 Å². The second-order valence-corrected chi connectivity index (χ2v) is 6.65. The number of amides is 3. The summed E-state index contributed by atoms with van der Waals surface area (Å²) >= 11 is 0. The van der Waals surface area contributed by atoms with Crippen LogP contribution >= 0.6 is 0 Å². The maximum Gasteiger partial charge on any atom is 0.320 e. The lowest BCUT2D eigenvalue weighted by atomic mass is 10.0. The first-order chi connectivity index (χ1) is 11.7. The van der Waals surface area contributed by atoms with Crippen LogP contribution < -0.4 is 0 Å². The van der Waals surface area contributed by atoms with E-state index in [0.717, 1.165) is 52.0 Å². The van der Waals surface area contributed by atoms with Crippen LogP contribution in [-0.2, 0) is 11.2 Å². The van der Waals surface area contributed by atoms with Gasteiger partial charge >= 0.3 is 6.03 Å². The Morgan fingerprint density at radius 2 is 1.79 bits per heavy atom. The van der Waals surface area contributed by atoms with Crippen LogP contribution in [0.3, 0.4) is 0 Å². The fourth-order valence-electron chi connectivity index (χ4n) is 3.71. The molecule has 0 radical (unpaired) electrons. The highest BCUT2D eigenvalue weighted by Crippen LogP contribution is 2.22. The maximum atomic E-state index is 12.4. The number of carbonyl (C=O) groups excluding carboxylic acids is 2. The Morgan fingerprint density at radius 3 is 2.42 bits per heavy atom. The Labute approximate surface area is 144 Å². The molecule has 2 heterocycles. The molecule has 3 rings (SSSR count). The summed E-state index contributed by atoms with van der Waals surface area (Å²) in [4.78, 5) is 30.6. The molecule has 24 heavy (non-hydrogen) atoms. The van der Waals surface area contributed by atoms with E-state index in [1.54, 1.807) is 0 Å². The van der Waals surface area contributed by atoms with Gasteiger partial charge in [-0.1, -0.05) is 30.3 Å². The summed E-state index contributed by atoms with van der Waals surface area (Å²) in [7, 11) is 0. The van der Waals surface area contributed by atoms with Crippen molar-refractivity contribution < 1.29 is 9.59 Å². The number of rotatable bonds is 5. The van der Waals surface area contributed by atoms with Crippen LogP contribution in [0, 0.1) is 0 Å². The molecular formula is C19H27N3O2. The average molecular weight is 329 g/mol. The van der Waals surface area contributed by atoms with Crippen molar-refractivity contribution in [3.8, 4) is 0 Å². The van der Waals surface area contributed by atoms with Gasteiger partial charge in [0.05, 0.1) is 0 Å². The first-order valence-corrected chi connectivity index (χ1v) is 9.06. The Kier molecular flexibility index (Phi) is 5.38. The van der Waals surface area contributed by atoms with E-state index in [9.17, 15) is 9.59 Å². The lowest BCUT2D eigenvalue weighted by Crippen LogP contribution is -2.48. The molecule has 0 saturated carbocycles.